The van der Waals surface area contributed by atoms with Crippen LogP contribution in [0.4, 0.5) is 11.4 Å². The molecule has 3 aromatic rings. The number of carbonyl (C=O) groups is 3. The Bertz CT molecular complexity index is 1290. The van der Waals surface area contributed by atoms with Gasteiger partial charge in [0.05, 0.1) is 5.69 Å². The number of nitrogens with zero attached hydrogens (tertiary/aromatic N) is 1. The summed E-state index contributed by atoms with van der Waals surface area (Å²) in [6.45, 7) is -0.275. The van der Waals surface area contributed by atoms with Crippen molar-refractivity contribution in [2.24, 2.45) is 0 Å². The van der Waals surface area contributed by atoms with Crippen LogP contribution in [-0.2, 0) is 14.4 Å². The first-order chi connectivity index (χ1) is 16.4. The lowest BCUT2D eigenvalue weighted by molar-refractivity contribution is -0.122. The summed E-state index contributed by atoms with van der Waals surface area (Å²) >= 11 is 11.1. The van der Waals surface area contributed by atoms with E-state index in [4.69, 9.17) is 28.6 Å². The number of hydrogen-bond donors (Lipinski definition) is 2. The van der Waals surface area contributed by atoms with Crippen molar-refractivity contribution < 1.29 is 19.1 Å². The Morgan fingerprint density at radius 3 is 2.41 bits per heavy atom. The van der Waals surface area contributed by atoms with Crippen LogP contribution in [0, 0.1) is 0 Å². The third kappa shape index (κ3) is 5.31. The van der Waals surface area contributed by atoms with Gasteiger partial charge in [-0.1, -0.05) is 48.0 Å². The summed E-state index contributed by atoms with van der Waals surface area (Å²) < 4.78 is 5.67. The molecule has 3 amide bonds. The molecule has 170 valence electrons. The summed E-state index contributed by atoms with van der Waals surface area (Å²) in [5.41, 5.74) is 1.46. The molecule has 0 aromatic heterocycles. The van der Waals surface area contributed by atoms with E-state index < -0.39 is 11.8 Å². The van der Waals surface area contributed by atoms with Gasteiger partial charge in [0, 0.05) is 16.3 Å². The molecule has 0 radical (unpaired) electrons. The zero-order chi connectivity index (χ0) is 24.1. The quantitative estimate of drug-likeness (QED) is 0.307. The maximum absolute atomic E-state index is 13.2. The molecule has 1 fully saturated rings. The first-order valence-corrected chi connectivity index (χ1v) is 10.9. The van der Waals surface area contributed by atoms with E-state index in [0.29, 0.717) is 27.7 Å². The minimum Gasteiger partial charge on any atom is -0.483 e. The number of hydrogen-bond acceptors (Lipinski definition) is 5. The average Bonchev–Trinajstić information content (AvgIpc) is 2.83. The van der Waals surface area contributed by atoms with Crippen molar-refractivity contribution in [2.75, 3.05) is 16.8 Å². The highest BCUT2D eigenvalue weighted by molar-refractivity contribution is 7.80. The van der Waals surface area contributed by atoms with Gasteiger partial charge in [-0.2, -0.15) is 0 Å². The van der Waals surface area contributed by atoms with Crippen molar-refractivity contribution in [3.63, 3.8) is 0 Å². The number of carbonyl (C=O) groups excluding carboxylic acids is 3. The highest BCUT2D eigenvalue weighted by atomic mass is 35.5. The summed E-state index contributed by atoms with van der Waals surface area (Å²) in [5, 5.41) is 5.81. The summed E-state index contributed by atoms with van der Waals surface area (Å²) in [7, 11) is 0. The molecule has 4 rings (SSSR count). The van der Waals surface area contributed by atoms with E-state index in [0.717, 1.165) is 0 Å². The van der Waals surface area contributed by atoms with Gasteiger partial charge in [-0.05, 0) is 60.8 Å². The van der Waals surface area contributed by atoms with E-state index in [1.807, 2.05) is 6.07 Å². The van der Waals surface area contributed by atoms with E-state index in [-0.39, 0.29) is 23.2 Å². The molecule has 1 aliphatic heterocycles. The Kier molecular flexibility index (Phi) is 7.01. The largest absolute Gasteiger partial charge is 0.483 e. The van der Waals surface area contributed by atoms with Crippen molar-refractivity contribution >= 4 is 64.1 Å². The highest BCUT2D eigenvalue weighted by Crippen LogP contribution is 2.25. The summed E-state index contributed by atoms with van der Waals surface area (Å²) in [6, 6.07) is 22.2. The Labute approximate surface area is 206 Å². The first kappa shape index (κ1) is 23.2. The maximum Gasteiger partial charge on any atom is 0.270 e. The predicted molar refractivity (Wildman–Crippen MR) is 135 cm³/mol. The standard InChI is InChI=1S/C25H18ClN3O4S/c26-17-10-12-18(13-11-17)27-22(30)15-33-21-9-5-4-6-16(21)14-20-23(31)28-25(34)29(24(20)32)19-7-2-1-3-8-19/h1-14H,15H2,(H,27,30)(H,28,31,34)/b20-14-. The van der Waals surface area contributed by atoms with Crippen molar-refractivity contribution in [1.29, 1.82) is 0 Å². The van der Waals surface area contributed by atoms with Crippen LogP contribution < -0.4 is 20.3 Å². The number of benzene rings is 3. The molecule has 3 aromatic carbocycles. The van der Waals surface area contributed by atoms with Gasteiger partial charge < -0.3 is 10.1 Å². The van der Waals surface area contributed by atoms with Crippen molar-refractivity contribution in [1.82, 2.24) is 5.32 Å². The van der Waals surface area contributed by atoms with E-state index in [1.54, 1.807) is 72.8 Å². The van der Waals surface area contributed by atoms with Crippen LogP contribution in [0.15, 0.2) is 84.4 Å². The van der Waals surface area contributed by atoms with Crippen LogP contribution in [0.5, 0.6) is 5.75 Å². The third-order valence-electron chi connectivity index (χ3n) is 4.82. The third-order valence-corrected chi connectivity index (χ3v) is 5.36. The number of halogens is 1. The van der Waals surface area contributed by atoms with Gasteiger partial charge in [0.1, 0.15) is 11.3 Å². The van der Waals surface area contributed by atoms with Crippen LogP contribution in [0.1, 0.15) is 5.56 Å². The van der Waals surface area contributed by atoms with Crippen LogP contribution in [0.25, 0.3) is 6.08 Å². The molecule has 2 N–H and O–H groups in total. The second kappa shape index (κ2) is 10.3. The van der Waals surface area contributed by atoms with Gasteiger partial charge >= 0.3 is 0 Å². The molecule has 0 unspecified atom stereocenters. The number of amides is 3. The van der Waals surface area contributed by atoms with E-state index in [2.05, 4.69) is 10.6 Å². The summed E-state index contributed by atoms with van der Waals surface area (Å²) in [5.74, 6) is -1.22. The number of nitrogens with one attached hydrogen (secondary N) is 2. The van der Waals surface area contributed by atoms with Crippen molar-refractivity contribution in [3.05, 3.63) is 95.0 Å². The average molecular weight is 492 g/mol. The number of rotatable bonds is 6. The maximum atomic E-state index is 13.2. The lowest BCUT2D eigenvalue weighted by Gasteiger charge is -2.28. The zero-order valence-corrected chi connectivity index (χ0v) is 19.2. The van der Waals surface area contributed by atoms with Crippen LogP contribution in [0.2, 0.25) is 5.02 Å². The Balaban J connectivity index is 1.53. The Morgan fingerprint density at radius 2 is 1.68 bits per heavy atom. The van der Waals surface area contributed by atoms with Gasteiger partial charge in [-0.25, -0.2) is 0 Å². The Hall–Kier alpha value is -4.01. The molecule has 1 saturated heterocycles. The zero-order valence-electron chi connectivity index (χ0n) is 17.7. The van der Waals surface area contributed by atoms with Gasteiger partial charge in [0.15, 0.2) is 11.7 Å². The lowest BCUT2D eigenvalue weighted by Crippen LogP contribution is -2.54. The molecule has 1 aliphatic rings. The van der Waals surface area contributed by atoms with Crippen LogP contribution in [0.3, 0.4) is 0 Å². The second-order valence-electron chi connectivity index (χ2n) is 7.17. The second-order valence-corrected chi connectivity index (χ2v) is 8.00. The number of thiocarbonyl (C=S) groups is 1. The molecule has 1 heterocycles. The molecule has 7 nitrogen and oxygen atoms in total. The Morgan fingerprint density at radius 1 is 1.00 bits per heavy atom. The van der Waals surface area contributed by atoms with E-state index in [9.17, 15) is 14.4 Å². The fourth-order valence-corrected chi connectivity index (χ4v) is 3.64. The van der Waals surface area contributed by atoms with E-state index >= 15 is 0 Å². The predicted octanol–water partition coefficient (Wildman–Crippen LogP) is 4.19. The smallest absolute Gasteiger partial charge is 0.270 e. The molecular formula is C25H18ClN3O4S. The van der Waals surface area contributed by atoms with Crippen LogP contribution in [-0.4, -0.2) is 29.4 Å². The topological polar surface area (TPSA) is 87.7 Å². The van der Waals surface area contributed by atoms with Crippen molar-refractivity contribution in [3.8, 4) is 5.75 Å². The molecule has 0 spiro atoms. The molecule has 9 heteroatoms. The lowest BCUT2D eigenvalue weighted by atomic mass is 10.1. The monoisotopic (exact) mass is 491 g/mol. The highest BCUT2D eigenvalue weighted by Gasteiger charge is 2.34. The van der Waals surface area contributed by atoms with Gasteiger partial charge in [-0.15, -0.1) is 0 Å². The number of anilines is 2. The fraction of sp³-hybridized carbons (Fsp3) is 0.0400. The van der Waals surface area contributed by atoms with Gasteiger partial charge in [0.2, 0.25) is 0 Å². The van der Waals surface area contributed by atoms with Gasteiger partial charge in [-0.3, -0.25) is 24.6 Å². The number of para-hydroxylation sites is 2. The molecule has 0 saturated carbocycles. The number of ether oxygens (including phenoxy) is 1. The van der Waals surface area contributed by atoms with Crippen molar-refractivity contribution in [2.45, 2.75) is 0 Å². The summed E-state index contributed by atoms with van der Waals surface area (Å²) in [4.78, 5) is 39.3. The minimum atomic E-state index is -0.613. The molecular weight excluding hydrogens is 474 g/mol. The fourth-order valence-electron chi connectivity index (χ4n) is 3.23. The molecule has 0 bridgehead atoms. The SMILES string of the molecule is O=C(COc1ccccc1/C=C1/C(=O)NC(=S)N(c2ccccc2)C1=O)Nc1ccc(Cl)cc1. The summed E-state index contributed by atoms with van der Waals surface area (Å²) in [6.07, 6.45) is 1.42. The van der Waals surface area contributed by atoms with Crippen LogP contribution >= 0.6 is 23.8 Å². The molecule has 34 heavy (non-hydrogen) atoms. The van der Waals surface area contributed by atoms with E-state index in [1.165, 1.54) is 11.0 Å². The van der Waals surface area contributed by atoms with Gasteiger partial charge in [0.25, 0.3) is 17.7 Å². The minimum absolute atomic E-state index is 0.00163. The normalized spacial score (nSPS) is 14.7. The molecule has 0 aliphatic carbocycles. The molecule has 0 atom stereocenters. The first-order valence-electron chi connectivity index (χ1n) is 10.2.